The van der Waals surface area contributed by atoms with Crippen molar-refractivity contribution in [2.24, 2.45) is 0 Å². The smallest absolute Gasteiger partial charge is 0.189 e. The topological polar surface area (TPSA) is 300 Å². The van der Waals surface area contributed by atoms with Gasteiger partial charge in [-0.1, -0.05) is 49.4 Å². The van der Waals surface area contributed by atoms with Crippen LogP contribution >= 0.6 is 0 Å². The molecular weight excluding hydrogens is 1270 g/mol. The first-order valence-electron chi connectivity index (χ1n) is 36.1. The van der Waals surface area contributed by atoms with Crippen LogP contribution < -0.4 is 0 Å². The molecule has 23 nitrogen and oxygen atoms in total. The second-order valence-corrected chi connectivity index (χ2v) is 44.4. The molecule has 0 bridgehead atoms. The fourth-order valence-electron chi connectivity index (χ4n) is 11.3. The standard InChI is InChI=1S/C66H142O23Si4/c1-90(51-11-29-75-41-23-69,52-12-30-76-42-24-70)55-15-35-82-61-65(86-37-19-56-91(2,53-13-31-77-43-25-71)54-14-32-78-44-26-72)63-84-49-47-81-48-50-85-64-66(87-38-20-60-93(4,58-17-34-80-46-28-74)89-40-10-6-8-22-68)62-83-36-18-59-92(3,57-16-33-79-45-27-73)88-39-9-5-7-21-67/h65-74H,5-64H2,1-4H3. The number of aliphatic hydroxyl groups is 8. The lowest BCUT2D eigenvalue weighted by molar-refractivity contribution is -0.0764. The van der Waals surface area contributed by atoms with Crippen molar-refractivity contribution in [2.75, 3.05) is 225 Å². The van der Waals surface area contributed by atoms with E-state index in [9.17, 15) is 35.7 Å². The molecule has 27 heteroatoms. The van der Waals surface area contributed by atoms with E-state index in [1.165, 1.54) is 0 Å². The fourth-order valence-corrected chi connectivity index (χ4v) is 24.7. The Morgan fingerprint density at radius 2 is 0.430 bits per heavy atom. The summed E-state index contributed by atoms with van der Waals surface area (Å²) in [6.45, 7) is 22.5. The third kappa shape index (κ3) is 61.5. The van der Waals surface area contributed by atoms with Crippen molar-refractivity contribution in [3.63, 3.8) is 0 Å². The van der Waals surface area contributed by atoms with Crippen molar-refractivity contribution in [2.45, 2.75) is 202 Å². The molecule has 4 atom stereocenters. The van der Waals surface area contributed by atoms with E-state index in [0.29, 0.717) is 172 Å². The predicted octanol–water partition coefficient (Wildman–Crippen LogP) is 7.46. The molecule has 0 aromatic rings. The van der Waals surface area contributed by atoms with E-state index in [-0.39, 0.29) is 65.1 Å². The summed E-state index contributed by atoms with van der Waals surface area (Å²) >= 11 is 0. The van der Waals surface area contributed by atoms with Crippen LogP contribution in [-0.4, -0.2) is 310 Å². The first-order valence-corrected chi connectivity index (χ1v) is 48.0. The molecule has 0 aromatic heterocycles. The highest BCUT2D eigenvalue weighted by Gasteiger charge is 2.31. The summed E-state index contributed by atoms with van der Waals surface area (Å²) in [4.78, 5) is 0. The van der Waals surface area contributed by atoms with Gasteiger partial charge in [-0.05, 0) is 140 Å². The maximum absolute atomic E-state index is 9.29. The lowest BCUT2D eigenvalue weighted by Gasteiger charge is -2.28. The molecule has 0 amide bonds. The van der Waals surface area contributed by atoms with Gasteiger partial charge in [0, 0.05) is 92.5 Å². The van der Waals surface area contributed by atoms with Gasteiger partial charge in [-0.2, -0.15) is 0 Å². The predicted molar refractivity (Wildman–Crippen MR) is 375 cm³/mol. The number of hydrogen-bond acceptors (Lipinski definition) is 23. The zero-order valence-electron chi connectivity index (χ0n) is 59.3. The number of rotatable bonds is 80. The Morgan fingerprint density at radius 1 is 0.204 bits per heavy atom. The Bertz CT molecular complexity index is 1340. The van der Waals surface area contributed by atoms with Crippen LogP contribution in [0.1, 0.15) is 103 Å². The van der Waals surface area contributed by atoms with Crippen LogP contribution in [0.2, 0.25) is 86.6 Å². The molecule has 0 saturated carbocycles. The second-order valence-electron chi connectivity index (χ2n) is 25.7. The summed E-state index contributed by atoms with van der Waals surface area (Å²) in [5.41, 5.74) is 0. The van der Waals surface area contributed by atoms with E-state index in [1.54, 1.807) is 0 Å². The summed E-state index contributed by atoms with van der Waals surface area (Å²) < 4.78 is 90.9. The number of aliphatic hydroxyl groups excluding tert-OH is 8. The highest BCUT2D eigenvalue weighted by atomic mass is 28.4. The Hall–Kier alpha value is -0.0525. The van der Waals surface area contributed by atoms with Crippen LogP contribution in [-0.2, 0) is 70.4 Å². The molecule has 0 fully saturated rings. The van der Waals surface area contributed by atoms with Gasteiger partial charge in [0.15, 0.2) is 16.6 Å². The fraction of sp³-hybridized carbons (Fsp3) is 1.00. The summed E-state index contributed by atoms with van der Waals surface area (Å²) in [6, 6.07) is 10.5. The maximum atomic E-state index is 9.29. The largest absolute Gasteiger partial charge is 0.417 e. The highest BCUT2D eigenvalue weighted by molar-refractivity contribution is 6.79. The van der Waals surface area contributed by atoms with Crippen molar-refractivity contribution < 1.29 is 111 Å². The van der Waals surface area contributed by atoms with Gasteiger partial charge >= 0.3 is 0 Å². The molecule has 93 heavy (non-hydrogen) atoms. The summed E-state index contributed by atoms with van der Waals surface area (Å²) in [5, 5.41) is 73.7. The molecule has 0 saturated heterocycles. The third-order valence-electron chi connectivity index (χ3n) is 16.7. The van der Waals surface area contributed by atoms with Gasteiger partial charge in [-0.3, -0.25) is 0 Å². The van der Waals surface area contributed by atoms with E-state index >= 15 is 0 Å². The van der Waals surface area contributed by atoms with Crippen LogP contribution in [0.25, 0.3) is 0 Å². The van der Waals surface area contributed by atoms with E-state index in [2.05, 4.69) is 26.2 Å². The minimum atomic E-state index is -2.10. The van der Waals surface area contributed by atoms with Gasteiger partial charge in [0.25, 0.3) is 0 Å². The Kier molecular flexibility index (Phi) is 69.0. The third-order valence-corrected chi connectivity index (χ3v) is 33.5. The van der Waals surface area contributed by atoms with Gasteiger partial charge in [0.05, 0.1) is 148 Å². The van der Waals surface area contributed by atoms with Crippen molar-refractivity contribution in [3.8, 4) is 0 Å². The Labute approximate surface area is 567 Å². The average Bonchev–Trinajstić information content (AvgIpc) is 2.16. The van der Waals surface area contributed by atoms with Crippen LogP contribution in [0.5, 0.6) is 0 Å². The Balaban J connectivity index is 5.81. The lowest BCUT2D eigenvalue weighted by Crippen LogP contribution is -2.36. The van der Waals surface area contributed by atoms with Crippen LogP contribution in [0.15, 0.2) is 0 Å². The van der Waals surface area contributed by atoms with Gasteiger partial charge in [-0.15, -0.1) is 0 Å². The van der Waals surface area contributed by atoms with Gasteiger partial charge < -0.3 is 111 Å². The van der Waals surface area contributed by atoms with E-state index in [4.69, 9.17) is 75.5 Å². The second kappa shape index (κ2) is 69.1. The molecule has 0 aliphatic carbocycles. The Morgan fingerprint density at radius 3 is 0.710 bits per heavy atom. The number of unbranched alkanes of at least 4 members (excludes halogenated alkanes) is 4. The quantitative estimate of drug-likeness (QED) is 0.0216. The van der Waals surface area contributed by atoms with Gasteiger partial charge in [0.1, 0.15) is 12.2 Å². The zero-order chi connectivity index (χ0) is 68.2. The molecule has 0 aliphatic rings. The molecule has 0 heterocycles. The summed E-state index contributed by atoms with van der Waals surface area (Å²) in [5.74, 6) is 0. The maximum Gasteiger partial charge on any atom is 0.189 e. The van der Waals surface area contributed by atoms with Crippen molar-refractivity contribution in [1.82, 2.24) is 0 Å². The molecule has 8 N–H and O–H groups in total. The molecule has 4 unspecified atom stereocenters. The first kappa shape index (κ1) is 92.9. The SMILES string of the molecule is C[Si](CCCOCCO)(CCCOCCO)CCCOCC(COCCOCCOCC(COCCC[Si](C)(CCCOCCO)OCCCCCO)OCCC[Si](C)(CCCOCCO)OCCCCCO)OCCC[Si](C)(CCCOCCO)CCCOCCO. The van der Waals surface area contributed by atoms with Gasteiger partial charge in [0.2, 0.25) is 0 Å². The molecule has 0 rings (SSSR count). The zero-order valence-corrected chi connectivity index (χ0v) is 63.3. The minimum Gasteiger partial charge on any atom is -0.417 e. The molecule has 0 radical (unpaired) electrons. The monoisotopic (exact) mass is 1410 g/mol. The van der Waals surface area contributed by atoms with E-state index < -0.39 is 32.8 Å². The van der Waals surface area contributed by atoms with E-state index in [0.717, 1.165) is 163 Å². The average molecular weight is 1420 g/mol. The summed E-state index contributed by atoms with van der Waals surface area (Å²) in [6.07, 6.45) is 13.9. The number of hydrogen-bond donors (Lipinski definition) is 8. The van der Waals surface area contributed by atoms with Crippen molar-refractivity contribution in [1.29, 1.82) is 0 Å². The first-order chi connectivity index (χ1) is 45.3. The van der Waals surface area contributed by atoms with Gasteiger partial charge in [-0.25, -0.2) is 0 Å². The van der Waals surface area contributed by atoms with Crippen LogP contribution in [0, 0.1) is 0 Å². The molecular formula is C66H142O23Si4. The minimum absolute atomic E-state index is 0.00732. The van der Waals surface area contributed by atoms with Crippen molar-refractivity contribution in [3.05, 3.63) is 0 Å². The van der Waals surface area contributed by atoms with Crippen LogP contribution in [0.4, 0.5) is 0 Å². The summed E-state index contributed by atoms with van der Waals surface area (Å²) in [7, 11) is -7.48. The molecule has 0 spiro atoms. The normalized spacial score (nSPS) is 14.3. The molecule has 0 aliphatic heterocycles. The molecule has 0 aromatic carbocycles. The van der Waals surface area contributed by atoms with Crippen molar-refractivity contribution >= 4 is 32.8 Å². The molecule has 560 valence electrons. The van der Waals surface area contributed by atoms with Crippen LogP contribution in [0.3, 0.4) is 0 Å². The number of ether oxygens (including phenoxy) is 13. The highest BCUT2D eigenvalue weighted by Crippen LogP contribution is 2.29. The lowest BCUT2D eigenvalue weighted by atomic mass is 10.2. The van der Waals surface area contributed by atoms with E-state index in [1.807, 2.05) is 0 Å².